The van der Waals surface area contributed by atoms with Crippen molar-refractivity contribution in [2.75, 3.05) is 31.7 Å². The molecule has 1 aliphatic heterocycles. The Morgan fingerprint density at radius 3 is 2.67 bits per heavy atom. The summed E-state index contributed by atoms with van der Waals surface area (Å²) in [6.07, 6.45) is -0.0804. The van der Waals surface area contributed by atoms with Gasteiger partial charge in [0.25, 0.3) is 0 Å². The lowest BCUT2D eigenvalue weighted by molar-refractivity contribution is -0.0852. The highest BCUT2D eigenvalue weighted by molar-refractivity contribution is 5.90. The first-order valence-electron chi connectivity index (χ1n) is 8.12. The normalized spacial score (nSPS) is 17.3. The van der Waals surface area contributed by atoms with Gasteiger partial charge in [0.05, 0.1) is 25.9 Å². The smallest absolute Gasteiger partial charge is 0.319 e. The molecule has 1 atom stereocenters. The van der Waals surface area contributed by atoms with Crippen molar-refractivity contribution in [3.8, 4) is 11.1 Å². The number of carbonyl (C=O) groups is 1. The number of anilines is 1. The SMILES string of the molecule is Cc1cccc(-c2cccc(NC(=O)NC[C@H]3COCCO3)c2)c1. The molecule has 0 radical (unpaired) electrons. The molecule has 5 heteroatoms. The van der Waals surface area contributed by atoms with Crippen LogP contribution in [0.25, 0.3) is 11.1 Å². The molecule has 1 heterocycles. The highest BCUT2D eigenvalue weighted by Gasteiger charge is 2.15. The lowest BCUT2D eigenvalue weighted by Gasteiger charge is -2.23. The van der Waals surface area contributed by atoms with Crippen molar-refractivity contribution in [3.63, 3.8) is 0 Å². The van der Waals surface area contributed by atoms with Gasteiger partial charge in [-0.1, -0.05) is 42.0 Å². The van der Waals surface area contributed by atoms with Gasteiger partial charge in [-0.05, 0) is 30.2 Å². The van der Waals surface area contributed by atoms with E-state index in [0.29, 0.717) is 26.4 Å². The fourth-order valence-corrected chi connectivity index (χ4v) is 2.64. The molecular weight excluding hydrogens is 304 g/mol. The van der Waals surface area contributed by atoms with E-state index in [2.05, 4.69) is 35.8 Å². The second kappa shape index (κ2) is 7.95. The number of rotatable bonds is 4. The van der Waals surface area contributed by atoms with Crippen molar-refractivity contribution in [1.29, 1.82) is 0 Å². The minimum Gasteiger partial charge on any atom is -0.376 e. The van der Waals surface area contributed by atoms with Gasteiger partial charge in [0, 0.05) is 12.2 Å². The minimum atomic E-state index is -0.245. The maximum atomic E-state index is 12.0. The van der Waals surface area contributed by atoms with Crippen LogP contribution in [0.4, 0.5) is 10.5 Å². The highest BCUT2D eigenvalue weighted by Crippen LogP contribution is 2.23. The van der Waals surface area contributed by atoms with Gasteiger partial charge in [0.2, 0.25) is 0 Å². The lowest BCUT2D eigenvalue weighted by Crippen LogP contribution is -2.41. The third kappa shape index (κ3) is 4.57. The fraction of sp³-hybridized carbons (Fsp3) is 0.316. The van der Waals surface area contributed by atoms with Crippen LogP contribution < -0.4 is 10.6 Å². The van der Waals surface area contributed by atoms with E-state index in [4.69, 9.17) is 9.47 Å². The molecule has 1 aliphatic rings. The molecule has 3 rings (SSSR count). The van der Waals surface area contributed by atoms with Crippen molar-refractivity contribution < 1.29 is 14.3 Å². The Bertz CT molecular complexity index is 697. The van der Waals surface area contributed by atoms with Crippen LogP contribution in [0.15, 0.2) is 48.5 Å². The van der Waals surface area contributed by atoms with Crippen molar-refractivity contribution in [2.45, 2.75) is 13.0 Å². The van der Waals surface area contributed by atoms with Crippen LogP contribution in [0, 0.1) is 6.92 Å². The number of urea groups is 1. The Kier molecular flexibility index (Phi) is 5.46. The van der Waals surface area contributed by atoms with E-state index in [9.17, 15) is 4.79 Å². The predicted molar refractivity (Wildman–Crippen MR) is 94.2 cm³/mol. The van der Waals surface area contributed by atoms with Crippen LogP contribution in [0.1, 0.15) is 5.56 Å². The van der Waals surface area contributed by atoms with E-state index >= 15 is 0 Å². The molecule has 5 nitrogen and oxygen atoms in total. The lowest BCUT2D eigenvalue weighted by atomic mass is 10.0. The molecule has 0 unspecified atom stereocenters. The van der Waals surface area contributed by atoms with Crippen molar-refractivity contribution in [2.24, 2.45) is 0 Å². The number of hydrogen-bond donors (Lipinski definition) is 2. The first-order valence-corrected chi connectivity index (χ1v) is 8.12. The van der Waals surface area contributed by atoms with Crippen LogP contribution in [0.3, 0.4) is 0 Å². The predicted octanol–water partition coefficient (Wildman–Crippen LogP) is 3.20. The molecule has 0 bridgehead atoms. The van der Waals surface area contributed by atoms with Crippen LogP contribution in [0.2, 0.25) is 0 Å². The number of ether oxygens (including phenoxy) is 2. The third-order valence-electron chi connectivity index (χ3n) is 3.85. The van der Waals surface area contributed by atoms with Crippen LogP contribution in [-0.4, -0.2) is 38.5 Å². The summed E-state index contributed by atoms with van der Waals surface area (Å²) in [4.78, 5) is 12.0. The standard InChI is InChI=1S/C19H22N2O3/c1-14-4-2-5-15(10-14)16-6-3-7-17(11-16)21-19(22)20-12-18-13-23-8-9-24-18/h2-7,10-11,18H,8-9,12-13H2,1H3,(H2,20,21,22)/t18-/m0/s1. The van der Waals surface area contributed by atoms with E-state index in [1.165, 1.54) is 5.56 Å². The van der Waals surface area contributed by atoms with E-state index in [1.807, 2.05) is 30.3 Å². The molecule has 1 fully saturated rings. The zero-order valence-corrected chi connectivity index (χ0v) is 13.7. The van der Waals surface area contributed by atoms with E-state index in [0.717, 1.165) is 16.8 Å². The average Bonchev–Trinajstić information content (AvgIpc) is 2.61. The summed E-state index contributed by atoms with van der Waals surface area (Å²) in [5, 5.41) is 5.67. The number of amides is 2. The first-order chi connectivity index (χ1) is 11.7. The zero-order chi connectivity index (χ0) is 16.8. The third-order valence-corrected chi connectivity index (χ3v) is 3.85. The second-order valence-electron chi connectivity index (χ2n) is 5.85. The monoisotopic (exact) mass is 326 g/mol. The average molecular weight is 326 g/mol. The highest BCUT2D eigenvalue weighted by atomic mass is 16.6. The summed E-state index contributed by atoms with van der Waals surface area (Å²) in [6, 6.07) is 15.8. The van der Waals surface area contributed by atoms with Crippen LogP contribution in [0.5, 0.6) is 0 Å². The van der Waals surface area contributed by atoms with E-state index in [-0.39, 0.29) is 12.1 Å². The summed E-state index contributed by atoms with van der Waals surface area (Å²) in [6.45, 7) is 4.21. The Hall–Kier alpha value is -2.37. The van der Waals surface area contributed by atoms with Crippen LogP contribution >= 0.6 is 0 Å². The zero-order valence-electron chi connectivity index (χ0n) is 13.7. The van der Waals surface area contributed by atoms with Crippen molar-refractivity contribution in [3.05, 3.63) is 54.1 Å². The molecular formula is C19H22N2O3. The molecule has 0 saturated carbocycles. The van der Waals surface area contributed by atoms with Gasteiger partial charge >= 0.3 is 6.03 Å². The molecule has 2 amide bonds. The molecule has 0 aromatic heterocycles. The van der Waals surface area contributed by atoms with Gasteiger partial charge in [-0.2, -0.15) is 0 Å². The van der Waals surface area contributed by atoms with Gasteiger partial charge in [-0.3, -0.25) is 0 Å². The van der Waals surface area contributed by atoms with E-state index in [1.54, 1.807) is 0 Å². The number of carbonyl (C=O) groups excluding carboxylic acids is 1. The van der Waals surface area contributed by atoms with Crippen LogP contribution in [-0.2, 0) is 9.47 Å². The first kappa shape index (κ1) is 16.5. The molecule has 2 aromatic carbocycles. The maximum absolute atomic E-state index is 12.0. The Morgan fingerprint density at radius 1 is 1.12 bits per heavy atom. The molecule has 126 valence electrons. The van der Waals surface area contributed by atoms with Gasteiger partial charge in [-0.25, -0.2) is 4.79 Å². The Balaban J connectivity index is 1.58. The van der Waals surface area contributed by atoms with Gasteiger partial charge < -0.3 is 20.1 Å². The fourth-order valence-electron chi connectivity index (χ4n) is 2.64. The summed E-state index contributed by atoms with van der Waals surface area (Å²) in [5.41, 5.74) is 4.16. The second-order valence-corrected chi connectivity index (χ2v) is 5.85. The maximum Gasteiger partial charge on any atom is 0.319 e. The number of aryl methyl sites for hydroxylation is 1. The molecule has 24 heavy (non-hydrogen) atoms. The molecule has 0 spiro atoms. The largest absolute Gasteiger partial charge is 0.376 e. The molecule has 1 saturated heterocycles. The topological polar surface area (TPSA) is 59.6 Å². The number of nitrogens with one attached hydrogen (secondary N) is 2. The Morgan fingerprint density at radius 2 is 1.92 bits per heavy atom. The molecule has 0 aliphatic carbocycles. The minimum absolute atomic E-state index is 0.0804. The number of benzene rings is 2. The van der Waals surface area contributed by atoms with Gasteiger partial charge in [0.1, 0.15) is 0 Å². The molecule has 2 aromatic rings. The van der Waals surface area contributed by atoms with Crippen molar-refractivity contribution in [1.82, 2.24) is 5.32 Å². The number of hydrogen-bond acceptors (Lipinski definition) is 3. The summed E-state index contributed by atoms with van der Waals surface area (Å²) >= 11 is 0. The summed E-state index contributed by atoms with van der Waals surface area (Å²) < 4.78 is 10.8. The van der Waals surface area contributed by atoms with Crippen molar-refractivity contribution >= 4 is 11.7 Å². The summed E-state index contributed by atoms with van der Waals surface area (Å²) in [7, 11) is 0. The quantitative estimate of drug-likeness (QED) is 0.907. The Labute approximate surface area is 142 Å². The molecule has 2 N–H and O–H groups in total. The van der Waals surface area contributed by atoms with E-state index < -0.39 is 0 Å². The van der Waals surface area contributed by atoms with Gasteiger partial charge in [-0.15, -0.1) is 0 Å². The van der Waals surface area contributed by atoms with Gasteiger partial charge in [0.15, 0.2) is 0 Å². The summed E-state index contributed by atoms with van der Waals surface area (Å²) in [5.74, 6) is 0.